The number of phenolic OH excluding ortho intramolecular Hbond substituents is 1. The number of rotatable bonds is 5. The van der Waals surface area contributed by atoms with Crippen LogP contribution in [0.1, 0.15) is 52.0 Å². The first-order valence-electron chi connectivity index (χ1n) is 5.97. The van der Waals surface area contributed by atoms with E-state index in [1.165, 1.54) is 19.3 Å². The summed E-state index contributed by atoms with van der Waals surface area (Å²) < 4.78 is 0.786. The number of hydrogen-bond acceptors (Lipinski definition) is 1. The van der Waals surface area contributed by atoms with Crippen molar-refractivity contribution in [3.63, 3.8) is 0 Å². The molecule has 0 aliphatic carbocycles. The van der Waals surface area contributed by atoms with Crippen molar-refractivity contribution in [3.05, 3.63) is 28.2 Å². The highest BCUT2D eigenvalue weighted by molar-refractivity contribution is 9.10. The Balaban J connectivity index is 2.84. The number of halogens is 1. The first kappa shape index (κ1) is 13.6. The smallest absolute Gasteiger partial charge is 0.133 e. The number of aromatic hydroxyl groups is 1. The predicted molar refractivity (Wildman–Crippen MR) is 73.0 cm³/mol. The molecule has 1 N–H and O–H groups in total. The second-order valence-electron chi connectivity index (χ2n) is 4.98. The minimum Gasteiger partial charge on any atom is -0.506 e. The van der Waals surface area contributed by atoms with Crippen LogP contribution in [-0.4, -0.2) is 5.11 Å². The van der Waals surface area contributed by atoms with Crippen LogP contribution in [0.3, 0.4) is 0 Å². The lowest BCUT2D eigenvalue weighted by atomic mass is 9.79. The predicted octanol–water partition coefficient (Wildman–Crippen LogP) is 5.01. The van der Waals surface area contributed by atoms with Gasteiger partial charge in [-0.3, -0.25) is 0 Å². The SMILES string of the molecule is CCCCCC(C)(C)c1cccc(Br)c1O. The second-order valence-corrected chi connectivity index (χ2v) is 5.83. The molecule has 0 aliphatic rings. The number of hydrogen-bond donors (Lipinski definition) is 1. The van der Waals surface area contributed by atoms with Crippen LogP contribution in [0.15, 0.2) is 22.7 Å². The van der Waals surface area contributed by atoms with Gasteiger partial charge < -0.3 is 5.11 Å². The van der Waals surface area contributed by atoms with Crippen LogP contribution in [-0.2, 0) is 5.41 Å². The molecule has 90 valence electrons. The zero-order valence-electron chi connectivity index (χ0n) is 10.4. The average molecular weight is 285 g/mol. The van der Waals surface area contributed by atoms with Gasteiger partial charge >= 0.3 is 0 Å². The van der Waals surface area contributed by atoms with E-state index >= 15 is 0 Å². The van der Waals surface area contributed by atoms with Gasteiger partial charge in [-0.05, 0) is 33.8 Å². The summed E-state index contributed by atoms with van der Waals surface area (Å²) in [4.78, 5) is 0. The fourth-order valence-electron chi connectivity index (χ4n) is 2.01. The van der Waals surface area contributed by atoms with E-state index in [4.69, 9.17) is 0 Å². The van der Waals surface area contributed by atoms with Gasteiger partial charge in [0.05, 0.1) is 4.47 Å². The molecule has 0 heterocycles. The minimum absolute atomic E-state index is 0.0447. The van der Waals surface area contributed by atoms with Crippen molar-refractivity contribution in [2.45, 2.75) is 51.9 Å². The van der Waals surface area contributed by atoms with Crippen molar-refractivity contribution in [1.29, 1.82) is 0 Å². The molecule has 0 saturated carbocycles. The highest BCUT2D eigenvalue weighted by Gasteiger charge is 2.23. The molecule has 0 spiro atoms. The van der Waals surface area contributed by atoms with E-state index in [9.17, 15) is 5.11 Å². The molecule has 0 aliphatic heterocycles. The van der Waals surface area contributed by atoms with E-state index in [0.717, 1.165) is 16.5 Å². The molecule has 1 aromatic carbocycles. The van der Waals surface area contributed by atoms with E-state index in [1.54, 1.807) is 0 Å². The van der Waals surface area contributed by atoms with E-state index in [0.29, 0.717) is 5.75 Å². The summed E-state index contributed by atoms with van der Waals surface area (Å²) in [5.74, 6) is 0.393. The van der Waals surface area contributed by atoms with Gasteiger partial charge in [0.2, 0.25) is 0 Å². The van der Waals surface area contributed by atoms with Gasteiger partial charge in [-0.2, -0.15) is 0 Å². The lowest BCUT2D eigenvalue weighted by Gasteiger charge is -2.26. The van der Waals surface area contributed by atoms with Crippen molar-refractivity contribution in [1.82, 2.24) is 0 Å². The first-order chi connectivity index (χ1) is 7.49. The average Bonchev–Trinajstić information content (AvgIpc) is 2.22. The molecule has 1 rings (SSSR count). The van der Waals surface area contributed by atoms with Crippen LogP contribution in [0.5, 0.6) is 5.75 Å². The molecule has 0 saturated heterocycles. The van der Waals surface area contributed by atoms with Crippen molar-refractivity contribution >= 4 is 15.9 Å². The molecule has 0 unspecified atom stereocenters. The summed E-state index contributed by atoms with van der Waals surface area (Å²) in [6, 6.07) is 5.88. The normalized spacial score (nSPS) is 11.8. The van der Waals surface area contributed by atoms with Crippen LogP contribution in [0.2, 0.25) is 0 Å². The topological polar surface area (TPSA) is 20.2 Å². The van der Waals surface area contributed by atoms with Crippen LogP contribution < -0.4 is 0 Å². The Labute approximate surface area is 107 Å². The van der Waals surface area contributed by atoms with Gasteiger partial charge in [0.25, 0.3) is 0 Å². The Hall–Kier alpha value is -0.500. The highest BCUT2D eigenvalue weighted by Crippen LogP contribution is 2.38. The van der Waals surface area contributed by atoms with Crippen molar-refractivity contribution < 1.29 is 5.11 Å². The highest BCUT2D eigenvalue weighted by atomic mass is 79.9. The van der Waals surface area contributed by atoms with E-state index < -0.39 is 0 Å². The van der Waals surface area contributed by atoms with E-state index in [-0.39, 0.29) is 5.41 Å². The van der Waals surface area contributed by atoms with Crippen molar-refractivity contribution in [2.24, 2.45) is 0 Å². The Morgan fingerprint density at radius 3 is 2.56 bits per heavy atom. The molecule has 0 bridgehead atoms. The third kappa shape index (κ3) is 3.24. The molecule has 0 amide bonds. The number of para-hydroxylation sites is 1. The summed E-state index contributed by atoms with van der Waals surface area (Å²) in [5, 5.41) is 10.0. The number of benzene rings is 1. The molecule has 0 aromatic heterocycles. The summed E-state index contributed by atoms with van der Waals surface area (Å²) in [5.41, 5.74) is 1.08. The largest absolute Gasteiger partial charge is 0.506 e. The van der Waals surface area contributed by atoms with Gasteiger partial charge in [0.1, 0.15) is 5.75 Å². The molecule has 16 heavy (non-hydrogen) atoms. The summed E-state index contributed by atoms with van der Waals surface area (Å²) in [7, 11) is 0. The van der Waals surface area contributed by atoms with Gasteiger partial charge in [0.15, 0.2) is 0 Å². The fraction of sp³-hybridized carbons (Fsp3) is 0.571. The Morgan fingerprint density at radius 2 is 1.94 bits per heavy atom. The third-order valence-electron chi connectivity index (χ3n) is 3.12. The second kappa shape index (κ2) is 5.72. The van der Waals surface area contributed by atoms with Crippen molar-refractivity contribution in [2.75, 3.05) is 0 Å². The van der Waals surface area contributed by atoms with E-state index in [2.05, 4.69) is 36.7 Å². The fourth-order valence-corrected chi connectivity index (χ4v) is 2.38. The maximum absolute atomic E-state index is 10.0. The monoisotopic (exact) mass is 284 g/mol. The quantitative estimate of drug-likeness (QED) is 0.754. The lowest BCUT2D eigenvalue weighted by molar-refractivity contribution is 0.406. The molecule has 0 radical (unpaired) electrons. The number of unbranched alkanes of at least 4 members (excludes halogenated alkanes) is 2. The molecule has 0 atom stereocenters. The minimum atomic E-state index is 0.0447. The van der Waals surface area contributed by atoms with Crippen LogP contribution in [0, 0.1) is 0 Å². The van der Waals surface area contributed by atoms with E-state index in [1.807, 2.05) is 18.2 Å². The summed E-state index contributed by atoms with van der Waals surface area (Å²) in [6.45, 7) is 6.61. The van der Waals surface area contributed by atoms with Crippen LogP contribution >= 0.6 is 15.9 Å². The third-order valence-corrected chi connectivity index (χ3v) is 3.76. The van der Waals surface area contributed by atoms with Crippen LogP contribution in [0.4, 0.5) is 0 Å². The van der Waals surface area contributed by atoms with Gasteiger partial charge in [0, 0.05) is 5.56 Å². The standard InChI is InChI=1S/C14H21BrO/c1-4-5-6-10-14(2,3)11-8-7-9-12(15)13(11)16/h7-9,16H,4-6,10H2,1-3H3. The summed E-state index contributed by atoms with van der Waals surface area (Å²) >= 11 is 3.37. The molecule has 1 nitrogen and oxygen atoms in total. The van der Waals surface area contributed by atoms with Gasteiger partial charge in [-0.15, -0.1) is 0 Å². The first-order valence-corrected chi connectivity index (χ1v) is 6.76. The molecule has 1 aromatic rings. The molecular formula is C14H21BrO. The zero-order chi connectivity index (χ0) is 12.2. The zero-order valence-corrected chi connectivity index (χ0v) is 12.0. The van der Waals surface area contributed by atoms with Crippen molar-refractivity contribution in [3.8, 4) is 5.75 Å². The maximum Gasteiger partial charge on any atom is 0.133 e. The summed E-state index contributed by atoms with van der Waals surface area (Å²) in [6.07, 6.45) is 4.83. The molecular weight excluding hydrogens is 264 g/mol. The Morgan fingerprint density at radius 1 is 1.25 bits per heavy atom. The maximum atomic E-state index is 10.0. The van der Waals surface area contributed by atoms with Crippen LogP contribution in [0.25, 0.3) is 0 Å². The molecule has 0 fully saturated rings. The van der Waals surface area contributed by atoms with Gasteiger partial charge in [-0.25, -0.2) is 0 Å². The number of phenols is 1. The Bertz CT molecular complexity index is 345. The Kier molecular flexibility index (Phi) is 4.85. The van der Waals surface area contributed by atoms with Gasteiger partial charge in [-0.1, -0.05) is 52.2 Å². The lowest BCUT2D eigenvalue weighted by Crippen LogP contribution is -2.17. The molecule has 2 heteroatoms.